The van der Waals surface area contributed by atoms with Crippen molar-refractivity contribution >= 4 is 17.4 Å². The van der Waals surface area contributed by atoms with Crippen molar-refractivity contribution in [3.05, 3.63) is 36.3 Å². The summed E-state index contributed by atoms with van der Waals surface area (Å²) in [6.07, 6.45) is 7.43. The second-order valence-corrected chi connectivity index (χ2v) is 6.29. The van der Waals surface area contributed by atoms with E-state index in [-0.39, 0.29) is 5.91 Å². The highest BCUT2D eigenvalue weighted by atomic mass is 16.5. The molecule has 2 N–H and O–H groups in total. The fourth-order valence-corrected chi connectivity index (χ4v) is 3.10. The third kappa shape index (κ3) is 4.41. The zero-order chi connectivity index (χ0) is 18.4. The first-order valence-electron chi connectivity index (χ1n) is 8.81. The van der Waals surface area contributed by atoms with Gasteiger partial charge in [0.1, 0.15) is 29.3 Å². The lowest BCUT2D eigenvalue weighted by Gasteiger charge is -2.23. The predicted molar refractivity (Wildman–Crippen MR) is 100 cm³/mol. The highest BCUT2D eigenvalue weighted by molar-refractivity contribution is 6.04. The molecule has 1 aromatic heterocycles. The van der Waals surface area contributed by atoms with Crippen LogP contribution in [0.2, 0.25) is 0 Å². The summed E-state index contributed by atoms with van der Waals surface area (Å²) in [5, 5.41) is 6.23. The highest BCUT2D eigenvalue weighted by Gasteiger charge is 2.16. The minimum absolute atomic E-state index is 0.302. The first-order chi connectivity index (χ1) is 12.7. The lowest BCUT2D eigenvalue weighted by atomic mass is 9.95. The molecule has 0 unspecified atom stereocenters. The van der Waals surface area contributed by atoms with Crippen molar-refractivity contribution in [1.29, 1.82) is 0 Å². The van der Waals surface area contributed by atoms with Crippen molar-refractivity contribution in [2.75, 3.05) is 24.9 Å². The summed E-state index contributed by atoms with van der Waals surface area (Å²) in [4.78, 5) is 20.9. The third-order valence-electron chi connectivity index (χ3n) is 4.51. The van der Waals surface area contributed by atoms with Crippen LogP contribution in [-0.4, -0.2) is 36.1 Å². The summed E-state index contributed by atoms with van der Waals surface area (Å²) in [6.45, 7) is 0. The van der Waals surface area contributed by atoms with Crippen LogP contribution in [0.15, 0.2) is 30.6 Å². The van der Waals surface area contributed by atoms with Gasteiger partial charge in [-0.1, -0.05) is 19.3 Å². The molecule has 7 heteroatoms. The van der Waals surface area contributed by atoms with E-state index in [2.05, 4.69) is 20.6 Å². The van der Waals surface area contributed by atoms with Crippen LogP contribution in [0.25, 0.3) is 0 Å². The number of hydrogen-bond acceptors (Lipinski definition) is 6. The van der Waals surface area contributed by atoms with Crippen LogP contribution < -0.4 is 20.1 Å². The van der Waals surface area contributed by atoms with E-state index in [1.54, 1.807) is 38.5 Å². The largest absolute Gasteiger partial charge is 0.497 e. The fourth-order valence-electron chi connectivity index (χ4n) is 3.10. The standard InChI is InChI=1S/C19H24N4O3/c1-25-14-8-9-15(17(10-14)26-2)23-19(24)16-11-18(21-12-20-16)22-13-6-4-3-5-7-13/h8-13H,3-7H2,1-2H3,(H,23,24)(H,20,21,22). The van der Waals surface area contributed by atoms with Gasteiger partial charge in [0.05, 0.1) is 19.9 Å². The van der Waals surface area contributed by atoms with Crippen LogP contribution in [-0.2, 0) is 0 Å². The van der Waals surface area contributed by atoms with E-state index in [1.165, 1.54) is 25.6 Å². The van der Waals surface area contributed by atoms with Crippen molar-refractivity contribution in [3.8, 4) is 11.5 Å². The molecule has 1 aliphatic carbocycles. The zero-order valence-electron chi connectivity index (χ0n) is 15.1. The van der Waals surface area contributed by atoms with Gasteiger partial charge in [-0.3, -0.25) is 4.79 Å². The van der Waals surface area contributed by atoms with Crippen LogP contribution >= 0.6 is 0 Å². The first-order valence-corrected chi connectivity index (χ1v) is 8.81. The first kappa shape index (κ1) is 18.0. The number of anilines is 2. The lowest BCUT2D eigenvalue weighted by molar-refractivity contribution is 0.102. The number of methoxy groups -OCH3 is 2. The summed E-state index contributed by atoms with van der Waals surface area (Å²) in [7, 11) is 3.12. The van der Waals surface area contributed by atoms with Crippen LogP contribution in [0.1, 0.15) is 42.6 Å². The Morgan fingerprint density at radius 2 is 1.88 bits per heavy atom. The van der Waals surface area contributed by atoms with Crippen molar-refractivity contribution < 1.29 is 14.3 Å². The van der Waals surface area contributed by atoms with E-state index in [4.69, 9.17) is 9.47 Å². The monoisotopic (exact) mass is 356 g/mol. The van der Waals surface area contributed by atoms with Crippen molar-refractivity contribution in [2.24, 2.45) is 0 Å². The molecule has 1 saturated carbocycles. The fraction of sp³-hybridized carbons (Fsp3) is 0.421. The molecular weight excluding hydrogens is 332 g/mol. The maximum atomic E-state index is 12.6. The summed E-state index contributed by atoms with van der Waals surface area (Å²) >= 11 is 0. The van der Waals surface area contributed by atoms with Gasteiger partial charge in [0.25, 0.3) is 5.91 Å². The highest BCUT2D eigenvalue weighted by Crippen LogP contribution is 2.29. The molecule has 0 radical (unpaired) electrons. The predicted octanol–water partition coefficient (Wildman–Crippen LogP) is 3.49. The molecule has 26 heavy (non-hydrogen) atoms. The smallest absolute Gasteiger partial charge is 0.274 e. The third-order valence-corrected chi connectivity index (χ3v) is 4.51. The van der Waals surface area contributed by atoms with Crippen LogP contribution in [0.4, 0.5) is 11.5 Å². The van der Waals surface area contributed by atoms with E-state index in [0.29, 0.717) is 34.7 Å². The minimum Gasteiger partial charge on any atom is -0.497 e. The molecule has 0 saturated heterocycles. The van der Waals surface area contributed by atoms with Crippen LogP contribution in [0, 0.1) is 0 Å². The summed E-state index contributed by atoms with van der Waals surface area (Å²) in [5.74, 6) is 1.54. The topological polar surface area (TPSA) is 85.4 Å². The molecule has 1 fully saturated rings. The Morgan fingerprint density at radius 1 is 1.08 bits per heavy atom. The number of amides is 1. The molecule has 1 aliphatic rings. The molecular formula is C19H24N4O3. The average Bonchev–Trinajstić information content (AvgIpc) is 2.69. The Bertz CT molecular complexity index is 760. The quantitative estimate of drug-likeness (QED) is 0.824. The molecule has 2 aromatic rings. The second-order valence-electron chi connectivity index (χ2n) is 6.29. The number of carbonyl (C=O) groups is 1. The van der Waals surface area contributed by atoms with Crippen LogP contribution in [0.5, 0.6) is 11.5 Å². The molecule has 0 bridgehead atoms. The molecule has 0 aliphatic heterocycles. The molecule has 3 rings (SSSR count). The van der Waals surface area contributed by atoms with Gasteiger partial charge < -0.3 is 20.1 Å². The Morgan fingerprint density at radius 3 is 2.62 bits per heavy atom. The molecule has 7 nitrogen and oxygen atoms in total. The molecule has 0 spiro atoms. The van der Waals surface area contributed by atoms with Crippen LogP contribution in [0.3, 0.4) is 0 Å². The minimum atomic E-state index is -0.317. The number of benzene rings is 1. The number of carbonyl (C=O) groups excluding carboxylic acids is 1. The Hall–Kier alpha value is -2.83. The molecule has 1 amide bonds. The Labute approximate surface area is 153 Å². The maximum Gasteiger partial charge on any atom is 0.274 e. The van der Waals surface area contributed by atoms with Gasteiger partial charge in [0.15, 0.2) is 0 Å². The Balaban J connectivity index is 1.70. The summed E-state index contributed by atoms with van der Waals surface area (Å²) < 4.78 is 10.5. The SMILES string of the molecule is COc1ccc(NC(=O)c2cc(NC3CCCCC3)ncn2)c(OC)c1. The van der Waals surface area contributed by atoms with E-state index < -0.39 is 0 Å². The van der Waals surface area contributed by atoms with Gasteiger partial charge in [-0.25, -0.2) is 9.97 Å². The van der Waals surface area contributed by atoms with Gasteiger partial charge in [-0.15, -0.1) is 0 Å². The molecule has 1 heterocycles. The van der Waals surface area contributed by atoms with Crippen molar-refractivity contribution in [3.63, 3.8) is 0 Å². The summed E-state index contributed by atoms with van der Waals surface area (Å²) in [6, 6.07) is 7.30. The van der Waals surface area contributed by atoms with E-state index in [9.17, 15) is 4.79 Å². The van der Waals surface area contributed by atoms with E-state index in [0.717, 1.165) is 12.8 Å². The number of aromatic nitrogens is 2. The van der Waals surface area contributed by atoms with E-state index >= 15 is 0 Å². The van der Waals surface area contributed by atoms with E-state index in [1.807, 2.05) is 0 Å². The Kier molecular flexibility index (Phi) is 5.88. The van der Waals surface area contributed by atoms with Gasteiger partial charge in [0, 0.05) is 18.2 Å². The van der Waals surface area contributed by atoms with Gasteiger partial charge in [0.2, 0.25) is 0 Å². The van der Waals surface area contributed by atoms with Crippen molar-refractivity contribution in [2.45, 2.75) is 38.1 Å². The molecule has 138 valence electrons. The zero-order valence-corrected chi connectivity index (χ0v) is 15.1. The normalized spacial score (nSPS) is 14.5. The van der Waals surface area contributed by atoms with Crippen molar-refractivity contribution in [1.82, 2.24) is 9.97 Å². The lowest BCUT2D eigenvalue weighted by Crippen LogP contribution is -2.23. The molecule has 1 aromatic carbocycles. The number of nitrogens with zero attached hydrogens (tertiary/aromatic N) is 2. The maximum absolute atomic E-state index is 12.6. The number of rotatable bonds is 6. The molecule has 0 atom stereocenters. The average molecular weight is 356 g/mol. The van der Waals surface area contributed by atoms with Gasteiger partial charge >= 0.3 is 0 Å². The van der Waals surface area contributed by atoms with Gasteiger partial charge in [-0.05, 0) is 25.0 Å². The summed E-state index contributed by atoms with van der Waals surface area (Å²) in [5.41, 5.74) is 0.856. The number of nitrogens with one attached hydrogen (secondary N) is 2. The second kappa shape index (κ2) is 8.51. The number of ether oxygens (including phenoxy) is 2. The van der Waals surface area contributed by atoms with Gasteiger partial charge in [-0.2, -0.15) is 0 Å². The number of hydrogen-bond donors (Lipinski definition) is 2.